The van der Waals surface area contributed by atoms with Crippen molar-refractivity contribution >= 4 is 34.7 Å². The molecule has 0 spiro atoms. The number of nitrogens with one attached hydrogen (secondary N) is 2. The van der Waals surface area contributed by atoms with E-state index in [0.29, 0.717) is 17.2 Å². The second-order valence-corrected chi connectivity index (χ2v) is 7.39. The van der Waals surface area contributed by atoms with Crippen molar-refractivity contribution in [2.45, 2.75) is 33.7 Å². The third-order valence-corrected chi connectivity index (χ3v) is 5.19. The molecule has 0 bridgehead atoms. The van der Waals surface area contributed by atoms with Crippen LogP contribution in [-0.4, -0.2) is 28.0 Å². The van der Waals surface area contributed by atoms with Crippen LogP contribution >= 0.6 is 12.2 Å². The van der Waals surface area contributed by atoms with Gasteiger partial charge in [-0.15, -0.1) is 0 Å². The molecular weight excluding hydrogens is 396 g/mol. The van der Waals surface area contributed by atoms with Crippen LogP contribution < -0.4 is 10.6 Å². The van der Waals surface area contributed by atoms with Crippen LogP contribution in [0.5, 0.6) is 0 Å². The molecule has 30 heavy (non-hydrogen) atoms. The summed E-state index contributed by atoms with van der Waals surface area (Å²) in [5, 5.41) is 11.6. The minimum Gasteiger partial charge on any atom is -0.465 e. The molecule has 0 saturated heterocycles. The average molecular weight is 423 g/mol. The van der Waals surface area contributed by atoms with E-state index in [4.69, 9.17) is 17.0 Å². The quantitative estimate of drug-likeness (QED) is 0.443. The molecule has 0 atom stereocenters. The first-order valence-electron chi connectivity index (χ1n) is 9.80. The Morgan fingerprint density at radius 2 is 1.80 bits per heavy atom. The molecular formula is C23H26N4O2S. The Labute approximate surface area is 182 Å². The zero-order valence-corrected chi connectivity index (χ0v) is 18.5. The summed E-state index contributed by atoms with van der Waals surface area (Å²) in [6.45, 7) is 6.48. The van der Waals surface area contributed by atoms with E-state index < -0.39 is 0 Å². The minimum absolute atomic E-state index is 0.357. The highest BCUT2D eigenvalue weighted by molar-refractivity contribution is 7.80. The molecule has 0 aliphatic carbocycles. The number of thiocarbonyl (C=S) groups is 1. The molecule has 0 aliphatic heterocycles. The van der Waals surface area contributed by atoms with Crippen molar-refractivity contribution in [3.05, 3.63) is 76.6 Å². The van der Waals surface area contributed by atoms with Gasteiger partial charge in [-0.25, -0.2) is 4.79 Å². The van der Waals surface area contributed by atoms with E-state index in [1.54, 1.807) is 6.07 Å². The van der Waals surface area contributed by atoms with Crippen LogP contribution in [0.25, 0.3) is 0 Å². The zero-order chi connectivity index (χ0) is 21.7. The van der Waals surface area contributed by atoms with Crippen molar-refractivity contribution in [2.75, 3.05) is 17.7 Å². The van der Waals surface area contributed by atoms with Gasteiger partial charge in [0.1, 0.15) is 0 Å². The van der Waals surface area contributed by atoms with Crippen LogP contribution in [0.4, 0.5) is 11.4 Å². The molecule has 0 fully saturated rings. The summed E-state index contributed by atoms with van der Waals surface area (Å²) in [4.78, 5) is 12.1. The maximum atomic E-state index is 12.1. The Morgan fingerprint density at radius 1 is 1.10 bits per heavy atom. The lowest BCUT2D eigenvalue weighted by molar-refractivity contribution is 0.0599. The first-order chi connectivity index (χ1) is 14.4. The smallest absolute Gasteiger partial charge is 0.338 e. The van der Waals surface area contributed by atoms with Crippen molar-refractivity contribution in [1.82, 2.24) is 9.78 Å². The number of ether oxygens (including phenoxy) is 1. The van der Waals surface area contributed by atoms with Crippen LogP contribution in [0.1, 0.15) is 39.8 Å². The molecule has 2 aromatic carbocycles. The topological polar surface area (TPSA) is 68.2 Å². The zero-order valence-electron chi connectivity index (χ0n) is 17.7. The third-order valence-electron chi connectivity index (χ3n) is 4.98. The van der Waals surface area contributed by atoms with Crippen LogP contribution in [0.3, 0.4) is 0 Å². The number of hydrogen-bond acceptors (Lipinski definition) is 4. The maximum absolute atomic E-state index is 12.1. The number of carbonyl (C=O) groups excluding carboxylic acids is 1. The molecule has 3 rings (SSSR count). The monoisotopic (exact) mass is 422 g/mol. The van der Waals surface area contributed by atoms with Crippen LogP contribution in [0.15, 0.2) is 48.5 Å². The fourth-order valence-electron chi connectivity index (χ4n) is 3.26. The average Bonchev–Trinajstić information content (AvgIpc) is 3.01. The Morgan fingerprint density at radius 3 is 2.47 bits per heavy atom. The molecule has 6 nitrogen and oxygen atoms in total. The number of esters is 1. The third kappa shape index (κ3) is 4.86. The number of anilines is 2. The van der Waals surface area contributed by atoms with E-state index in [-0.39, 0.29) is 5.97 Å². The Kier molecular flexibility index (Phi) is 6.84. The van der Waals surface area contributed by atoms with E-state index in [1.807, 2.05) is 48.9 Å². The van der Waals surface area contributed by atoms with Gasteiger partial charge in [-0.3, -0.25) is 4.68 Å². The molecule has 0 saturated carbocycles. The molecule has 0 aliphatic rings. The number of nitrogens with zero attached hydrogens (tertiary/aromatic N) is 2. The number of benzene rings is 2. The van der Waals surface area contributed by atoms with Crippen LogP contribution in [0.2, 0.25) is 0 Å². The van der Waals surface area contributed by atoms with Crippen LogP contribution in [0, 0.1) is 13.8 Å². The van der Waals surface area contributed by atoms with E-state index >= 15 is 0 Å². The Bertz CT molecular complexity index is 1060. The van der Waals surface area contributed by atoms with Crippen molar-refractivity contribution in [3.8, 4) is 0 Å². The van der Waals surface area contributed by atoms with Gasteiger partial charge in [-0.05, 0) is 61.8 Å². The van der Waals surface area contributed by atoms with Gasteiger partial charge in [0.15, 0.2) is 5.11 Å². The fourth-order valence-corrected chi connectivity index (χ4v) is 3.48. The number of hydrogen-bond donors (Lipinski definition) is 2. The molecule has 3 aromatic rings. The first kappa shape index (κ1) is 21.5. The largest absolute Gasteiger partial charge is 0.465 e. The summed E-state index contributed by atoms with van der Waals surface area (Å²) in [6, 6.07) is 15.6. The van der Waals surface area contributed by atoms with Gasteiger partial charge in [-0.2, -0.15) is 5.10 Å². The van der Waals surface area contributed by atoms with Crippen molar-refractivity contribution in [1.29, 1.82) is 0 Å². The molecule has 0 unspecified atom stereocenters. The van der Waals surface area contributed by atoms with E-state index in [1.165, 1.54) is 12.7 Å². The summed E-state index contributed by atoms with van der Waals surface area (Å²) in [5.41, 5.74) is 6.20. The fraction of sp³-hybridized carbons (Fsp3) is 0.261. The van der Waals surface area contributed by atoms with Crippen LogP contribution in [-0.2, 0) is 17.7 Å². The Balaban J connectivity index is 1.76. The summed E-state index contributed by atoms with van der Waals surface area (Å²) < 4.78 is 6.75. The van der Waals surface area contributed by atoms with Gasteiger partial charge < -0.3 is 15.4 Å². The van der Waals surface area contributed by atoms with Gasteiger partial charge in [0, 0.05) is 5.69 Å². The highest BCUT2D eigenvalue weighted by Gasteiger charge is 2.16. The second-order valence-electron chi connectivity index (χ2n) is 6.98. The molecule has 1 aromatic heterocycles. The molecule has 1 heterocycles. The predicted molar refractivity (Wildman–Crippen MR) is 124 cm³/mol. The minimum atomic E-state index is -0.357. The van der Waals surface area contributed by atoms with Crippen molar-refractivity contribution < 1.29 is 9.53 Å². The lowest BCUT2D eigenvalue weighted by atomic mass is 10.1. The van der Waals surface area contributed by atoms with Gasteiger partial charge in [0.2, 0.25) is 0 Å². The van der Waals surface area contributed by atoms with E-state index in [0.717, 1.165) is 34.7 Å². The highest BCUT2D eigenvalue weighted by Crippen LogP contribution is 2.22. The van der Waals surface area contributed by atoms with Crippen molar-refractivity contribution in [3.63, 3.8) is 0 Å². The maximum Gasteiger partial charge on any atom is 0.338 e. The number of carbonyl (C=O) groups is 1. The molecule has 2 N–H and O–H groups in total. The number of methoxy groups -OCH3 is 1. The second kappa shape index (κ2) is 9.54. The Hall–Kier alpha value is -3.19. The van der Waals surface area contributed by atoms with Gasteiger partial charge in [0.25, 0.3) is 0 Å². The molecule has 0 radical (unpaired) electrons. The number of aryl methyl sites for hydroxylation is 2. The summed E-state index contributed by atoms with van der Waals surface area (Å²) in [5.74, 6) is -0.357. The SMILES string of the molecule is CCc1ccc(NC(=S)Nc2c(C)nn(Cc3ccccc3C(=O)OC)c2C)cc1. The lowest BCUT2D eigenvalue weighted by Crippen LogP contribution is -2.20. The lowest BCUT2D eigenvalue weighted by Gasteiger charge is -2.12. The summed E-state index contributed by atoms with van der Waals surface area (Å²) >= 11 is 5.49. The van der Waals surface area contributed by atoms with Gasteiger partial charge in [0.05, 0.1) is 36.3 Å². The standard InChI is InChI=1S/C23H26N4O2S/c1-5-17-10-12-19(13-11-17)24-23(30)25-21-15(2)26-27(16(21)3)14-18-8-6-7-9-20(18)22(28)29-4/h6-13H,5,14H2,1-4H3,(H2,24,25,30). The predicted octanol–water partition coefficient (Wildman–Crippen LogP) is 4.71. The number of rotatable bonds is 6. The first-order valence-corrected chi connectivity index (χ1v) is 10.2. The van der Waals surface area contributed by atoms with E-state index in [9.17, 15) is 4.79 Å². The highest BCUT2D eigenvalue weighted by atomic mass is 32.1. The number of aromatic nitrogens is 2. The molecule has 156 valence electrons. The van der Waals surface area contributed by atoms with E-state index in [2.05, 4.69) is 34.8 Å². The summed E-state index contributed by atoms with van der Waals surface area (Å²) in [7, 11) is 1.38. The van der Waals surface area contributed by atoms with Gasteiger partial charge in [-0.1, -0.05) is 37.3 Å². The molecule has 7 heteroatoms. The molecule has 0 amide bonds. The normalized spacial score (nSPS) is 10.5. The van der Waals surface area contributed by atoms with Gasteiger partial charge >= 0.3 is 5.97 Å². The van der Waals surface area contributed by atoms with Crippen molar-refractivity contribution in [2.24, 2.45) is 0 Å². The summed E-state index contributed by atoms with van der Waals surface area (Å²) in [6.07, 6.45) is 1.000.